The van der Waals surface area contributed by atoms with Gasteiger partial charge in [-0.2, -0.15) is 5.10 Å². The lowest BCUT2D eigenvalue weighted by atomic mass is 10.0. The van der Waals surface area contributed by atoms with Crippen LogP contribution in [0.15, 0.2) is 36.9 Å². The molecule has 0 saturated carbocycles. The lowest BCUT2D eigenvalue weighted by Crippen LogP contribution is -2.40. The molecule has 1 aliphatic rings. The summed E-state index contributed by atoms with van der Waals surface area (Å²) >= 11 is 0. The van der Waals surface area contributed by atoms with Crippen LogP contribution in [0.1, 0.15) is 30.9 Å². The Morgan fingerprint density at radius 2 is 2.17 bits per heavy atom. The van der Waals surface area contributed by atoms with Crippen LogP contribution >= 0.6 is 0 Å². The van der Waals surface area contributed by atoms with Crippen molar-refractivity contribution >= 4 is 5.91 Å². The molecule has 2 aromatic rings. The van der Waals surface area contributed by atoms with Crippen LogP contribution in [0.25, 0.3) is 0 Å². The molecule has 23 heavy (non-hydrogen) atoms. The van der Waals surface area contributed by atoms with Crippen LogP contribution in [0.3, 0.4) is 0 Å². The van der Waals surface area contributed by atoms with E-state index in [0.29, 0.717) is 6.42 Å². The van der Waals surface area contributed by atoms with Crippen molar-refractivity contribution in [2.24, 2.45) is 0 Å². The normalized spacial score (nSPS) is 18.0. The van der Waals surface area contributed by atoms with Crippen LogP contribution in [0.2, 0.25) is 0 Å². The first-order valence-electron chi connectivity index (χ1n) is 8.01. The van der Waals surface area contributed by atoms with Crippen molar-refractivity contribution in [3.8, 4) is 5.75 Å². The summed E-state index contributed by atoms with van der Waals surface area (Å²) in [4.78, 5) is 18.4. The van der Waals surface area contributed by atoms with Crippen LogP contribution in [-0.4, -0.2) is 45.8 Å². The molecule has 0 unspecified atom stereocenters. The summed E-state index contributed by atoms with van der Waals surface area (Å²) in [6, 6.07) is 8.14. The van der Waals surface area contributed by atoms with E-state index in [-0.39, 0.29) is 11.9 Å². The fourth-order valence-corrected chi connectivity index (χ4v) is 3.00. The van der Waals surface area contributed by atoms with Gasteiger partial charge in [0.15, 0.2) is 0 Å². The van der Waals surface area contributed by atoms with E-state index < -0.39 is 0 Å². The third-order valence-corrected chi connectivity index (χ3v) is 4.35. The fraction of sp³-hybridized carbons (Fsp3) is 0.471. The molecule has 3 rings (SSSR count). The highest BCUT2D eigenvalue weighted by atomic mass is 16.5. The minimum atomic E-state index is 0.214. The molecule has 6 nitrogen and oxygen atoms in total. The maximum atomic E-state index is 12.5. The molecular formula is C17H22N4O2. The Balaban J connectivity index is 1.53. The Hall–Kier alpha value is -2.37. The molecule has 0 spiro atoms. The first-order chi connectivity index (χ1) is 11.3. The maximum Gasteiger partial charge on any atom is 0.222 e. The second-order valence-electron chi connectivity index (χ2n) is 5.86. The number of carbonyl (C=O) groups is 1. The molecule has 122 valence electrons. The van der Waals surface area contributed by atoms with E-state index in [2.05, 4.69) is 10.1 Å². The van der Waals surface area contributed by atoms with Gasteiger partial charge in [0.05, 0.1) is 13.2 Å². The first-order valence-corrected chi connectivity index (χ1v) is 8.01. The molecule has 0 radical (unpaired) electrons. The number of ether oxygens (including phenoxy) is 1. The number of rotatable bonds is 5. The average molecular weight is 314 g/mol. The zero-order valence-corrected chi connectivity index (χ0v) is 13.4. The van der Waals surface area contributed by atoms with Crippen molar-refractivity contribution in [3.63, 3.8) is 0 Å². The van der Waals surface area contributed by atoms with Crippen LogP contribution in [0.5, 0.6) is 5.75 Å². The number of likely N-dealkylation sites (tertiary alicyclic amines) is 1. The van der Waals surface area contributed by atoms with Crippen LogP contribution < -0.4 is 4.74 Å². The van der Waals surface area contributed by atoms with Crippen LogP contribution in [-0.2, 0) is 11.2 Å². The van der Waals surface area contributed by atoms with Gasteiger partial charge in [-0.05, 0) is 37.0 Å². The molecule has 1 aromatic carbocycles. The summed E-state index contributed by atoms with van der Waals surface area (Å²) in [6.45, 7) is 1.57. The van der Waals surface area contributed by atoms with E-state index in [1.165, 1.54) is 0 Å². The topological polar surface area (TPSA) is 60.2 Å². The van der Waals surface area contributed by atoms with E-state index in [9.17, 15) is 4.79 Å². The minimum absolute atomic E-state index is 0.214. The second-order valence-corrected chi connectivity index (χ2v) is 5.86. The predicted octanol–water partition coefficient (Wildman–Crippen LogP) is 2.08. The molecule has 1 atom stereocenters. The van der Waals surface area contributed by atoms with Gasteiger partial charge in [-0.25, -0.2) is 9.67 Å². The quantitative estimate of drug-likeness (QED) is 0.848. The average Bonchev–Trinajstić information content (AvgIpc) is 3.15. The summed E-state index contributed by atoms with van der Waals surface area (Å²) in [5.74, 6) is 1.05. The van der Waals surface area contributed by atoms with Crippen molar-refractivity contribution in [2.75, 3.05) is 20.2 Å². The Morgan fingerprint density at radius 3 is 2.87 bits per heavy atom. The SMILES string of the molecule is COc1ccc(CCC(=O)N2CCC[C@H](n3cncn3)C2)cc1. The van der Waals surface area contributed by atoms with Crippen LogP contribution in [0.4, 0.5) is 0 Å². The van der Waals surface area contributed by atoms with Gasteiger partial charge < -0.3 is 9.64 Å². The second kappa shape index (κ2) is 7.26. The lowest BCUT2D eigenvalue weighted by Gasteiger charge is -2.32. The molecule has 0 aliphatic carbocycles. The van der Waals surface area contributed by atoms with E-state index in [1.807, 2.05) is 33.8 Å². The number of amides is 1. The van der Waals surface area contributed by atoms with Gasteiger partial charge in [-0.1, -0.05) is 12.1 Å². The van der Waals surface area contributed by atoms with Gasteiger partial charge >= 0.3 is 0 Å². The van der Waals surface area contributed by atoms with Crippen molar-refractivity contribution in [3.05, 3.63) is 42.5 Å². The summed E-state index contributed by atoms with van der Waals surface area (Å²) in [6.07, 6.45) is 6.63. The van der Waals surface area contributed by atoms with Gasteiger partial charge in [0.25, 0.3) is 0 Å². The highest BCUT2D eigenvalue weighted by Gasteiger charge is 2.24. The molecule has 1 saturated heterocycles. The number of methoxy groups -OCH3 is 1. The van der Waals surface area contributed by atoms with Gasteiger partial charge in [0.2, 0.25) is 5.91 Å². The molecule has 0 N–H and O–H groups in total. The Bertz CT molecular complexity index is 625. The van der Waals surface area contributed by atoms with E-state index in [4.69, 9.17) is 4.74 Å². The molecule has 1 aliphatic heterocycles. The van der Waals surface area contributed by atoms with Crippen molar-refractivity contribution in [1.29, 1.82) is 0 Å². The number of hydrogen-bond donors (Lipinski definition) is 0. The maximum absolute atomic E-state index is 12.5. The van der Waals surface area contributed by atoms with E-state index >= 15 is 0 Å². The summed E-state index contributed by atoms with van der Waals surface area (Å²) in [5, 5.41) is 4.20. The van der Waals surface area contributed by atoms with Gasteiger partial charge in [0, 0.05) is 19.5 Å². The number of carbonyl (C=O) groups excluding carboxylic acids is 1. The highest BCUT2D eigenvalue weighted by molar-refractivity contribution is 5.76. The fourth-order valence-electron chi connectivity index (χ4n) is 3.00. The number of aromatic nitrogens is 3. The zero-order chi connectivity index (χ0) is 16.1. The molecule has 1 aromatic heterocycles. The largest absolute Gasteiger partial charge is 0.497 e. The molecule has 1 amide bonds. The highest BCUT2D eigenvalue weighted by Crippen LogP contribution is 2.21. The number of nitrogens with zero attached hydrogens (tertiary/aromatic N) is 4. The number of hydrogen-bond acceptors (Lipinski definition) is 4. The third-order valence-electron chi connectivity index (χ3n) is 4.35. The smallest absolute Gasteiger partial charge is 0.222 e. The first kappa shape index (κ1) is 15.5. The molecule has 0 bridgehead atoms. The summed E-state index contributed by atoms with van der Waals surface area (Å²) in [7, 11) is 1.65. The number of aryl methyl sites for hydroxylation is 1. The molecule has 1 fully saturated rings. The Morgan fingerprint density at radius 1 is 1.35 bits per heavy atom. The third kappa shape index (κ3) is 3.88. The Kier molecular flexibility index (Phi) is 4.90. The lowest BCUT2D eigenvalue weighted by molar-refractivity contribution is -0.132. The van der Waals surface area contributed by atoms with Gasteiger partial charge in [0.1, 0.15) is 18.4 Å². The van der Waals surface area contributed by atoms with E-state index in [1.54, 1.807) is 19.8 Å². The standard InChI is InChI=1S/C17H22N4O2/c1-23-16-7-4-14(5-8-16)6-9-17(22)20-10-2-3-15(11-20)21-13-18-12-19-21/h4-5,7-8,12-13,15H,2-3,6,9-11H2,1H3/t15-/m0/s1. The van der Waals surface area contributed by atoms with Gasteiger partial charge in [-0.15, -0.1) is 0 Å². The van der Waals surface area contributed by atoms with Crippen LogP contribution in [0, 0.1) is 0 Å². The van der Waals surface area contributed by atoms with Gasteiger partial charge in [-0.3, -0.25) is 4.79 Å². The number of piperidine rings is 1. The molecular weight excluding hydrogens is 292 g/mol. The Labute approximate surface area is 136 Å². The van der Waals surface area contributed by atoms with E-state index in [0.717, 1.165) is 43.7 Å². The minimum Gasteiger partial charge on any atom is -0.497 e. The number of benzene rings is 1. The summed E-state index contributed by atoms with van der Waals surface area (Å²) < 4.78 is 7.01. The summed E-state index contributed by atoms with van der Waals surface area (Å²) in [5.41, 5.74) is 1.16. The molecule has 2 heterocycles. The predicted molar refractivity (Wildman–Crippen MR) is 86.2 cm³/mol. The van der Waals surface area contributed by atoms with Crippen molar-refractivity contribution in [1.82, 2.24) is 19.7 Å². The molecule has 6 heteroatoms. The van der Waals surface area contributed by atoms with Crippen molar-refractivity contribution < 1.29 is 9.53 Å². The zero-order valence-electron chi connectivity index (χ0n) is 13.4. The van der Waals surface area contributed by atoms with Crippen molar-refractivity contribution in [2.45, 2.75) is 31.7 Å². The monoisotopic (exact) mass is 314 g/mol.